The van der Waals surface area contributed by atoms with Gasteiger partial charge >= 0.3 is 12.3 Å². The molecule has 1 heterocycles. The summed E-state index contributed by atoms with van der Waals surface area (Å²) in [5.74, 6) is -2.19. The van der Waals surface area contributed by atoms with Crippen molar-refractivity contribution in [3.63, 3.8) is 0 Å². The molecule has 10 heteroatoms. The molecule has 3 N–H and O–H groups in total. The van der Waals surface area contributed by atoms with Gasteiger partial charge in [0, 0.05) is 35.0 Å². The van der Waals surface area contributed by atoms with Crippen LogP contribution in [0.3, 0.4) is 0 Å². The minimum Gasteiger partial charge on any atom is -0.449 e. The molecule has 4 rings (SSSR count). The Morgan fingerprint density at radius 1 is 1.08 bits per heavy atom. The van der Waals surface area contributed by atoms with Gasteiger partial charge in [0.25, 0.3) is 5.91 Å². The van der Waals surface area contributed by atoms with Gasteiger partial charge in [-0.2, -0.15) is 13.2 Å². The van der Waals surface area contributed by atoms with Gasteiger partial charge in [0.2, 0.25) is 0 Å². The number of amides is 2. The lowest BCUT2D eigenvalue weighted by Crippen LogP contribution is -2.48. The van der Waals surface area contributed by atoms with Crippen LogP contribution in [-0.2, 0) is 10.2 Å². The fraction of sp³-hybridized carbons (Fsp3) is 0.500. The van der Waals surface area contributed by atoms with Gasteiger partial charge in [0.05, 0.1) is 6.61 Å². The van der Waals surface area contributed by atoms with Gasteiger partial charge in [-0.15, -0.1) is 0 Å². The topological polar surface area (TPSA) is 106 Å². The van der Waals surface area contributed by atoms with Crippen LogP contribution in [0.15, 0.2) is 48.7 Å². The fourth-order valence-corrected chi connectivity index (χ4v) is 5.18. The summed E-state index contributed by atoms with van der Waals surface area (Å²) in [5, 5.41) is 9.19. The fourth-order valence-electron chi connectivity index (χ4n) is 5.18. The van der Waals surface area contributed by atoms with Crippen molar-refractivity contribution in [1.82, 2.24) is 9.88 Å². The Labute approximate surface area is 207 Å². The van der Waals surface area contributed by atoms with Gasteiger partial charge in [-0.25, -0.2) is 4.79 Å². The highest BCUT2D eigenvalue weighted by molar-refractivity contribution is 5.95. The van der Waals surface area contributed by atoms with Crippen molar-refractivity contribution in [1.29, 1.82) is 0 Å². The zero-order chi connectivity index (χ0) is 25.9. The monoisotopic (exact) mass is 505 g/mol. The number of carbonyl (C=O) groups excluding carboxylic acids is 2. The maximum absolute atomic E-state index is 13.5. The highest BCUT2D eigenvalue weighted by atomic mass is 19.4. The van der Waals surface area contributed by atoms with E-state index in [4.69, 9.17) is 10.5 Å². The summed E-state index contributed by atoms with van der Waals surface area (Å²) >= 11 is 0. The predicted octanol–water partition coefficient (Wildman–Crippen LogP) is 4.30. The number of benzene rings is 1. The number of pyridine rings is 1. The molecular weight excluding hydrogens is 475 g/mol. The number of carbonyl (C=O) groups is 2. The second kappa shape index (κ2) is 10.5. The zero-order valence-corrected chi connectivity index (χ0v) is 19.8. The second-order valence-corrected chi connectivity index (χ2v) is 9.68. The largest absolute Gasteiger partial charge is 0.449 e. The van der Waals surface area contributed by atoms with Crippen molar-refractivity contribution in [2.45, 2.75) is 68.1 Å². The first-order chi connectivity index (χ1) is 17.1. The SMILES string of the molecule is NC(=O)OCC1(c2ccccn2)CCC(N(C(=O)c2ccc(C(CO)C(F)(F)F)cc2)C2CC2)CC1. The average Bonchev–Trinajstić information content (AvgIpc) is 3.69. The number of primary amides is 1. The lowest BCUT2D eigenvalue weighted by molar-refractivity contribution is -0.158. The Morgan fingerprint density at radius 3 is 2.22 bits per heavy atom. The van der Waals surface area contributed by atoms with Crippen LogP contribution < -0.4 is 5.73 Å². The van der Waals surface area contributed by atoms with E-state index in [1.165, 1.54) is 24.3 Å². The van der Waals surface area contributed by atoms with E-state index in [0.29, 0.717) is 31.2 Å². The van der Waals surface area contributed by atoms with Crippen LogP contribution in [0.25, 0.3) is 0 Å². The van der Waals surface area contributed by atoms with Crippen LogP contribution in [0.1, 0.15) is 66.1 Å². The van der Waals surface area contributed by atoms with Crippen LogP contribution >= 0.6 is 0 Å². The number of alkyl halides is 3. The van der Waals surface area contributed by atoms with E-state index < -0.39 is 30.2 Å². The molecule has 1 atom stereocenters. The quantitative estimate of drug-likeness (QED) is 0.557. The van der Waals surface area contributed by atoms with Crippen LogP contribution in [0.2, 0.25) is 0 Å². The number of hydrogen-bond donors (Lipinski definition) is 2. The summed E-state index contributed by atoms with van der Waals surface area (Å²) in [6.07, 6.45) is 0.660. The van der Waals surface area contributed by atoms with Crippen LogP contribution in [0, 0.1) is 0 Å². The lowest BCUT2D eigenvalue weighted by Gasteiger charge is -2.43. The minimum absolute atomic E-state index is 0.0459. The Hall–Kier alpha value is -3.14. The molecule has 2 saturated carbocycles. The Bertz CT molecular complexity index is 1050. The third kappa shape index (κ3) is 5.64. The summed E-state index contributed by atoms with van der Waals surface area (Å²) in [7, 11) is 0. The van der Waals surface area contributed by atoms with Gasteiger partial charge in [-0.3, -0.25) is 9.78 Å². The first kappa shape index (κ1) is 25.9. The molecule has 2 fully saturated rings. The molecule has 1 aromatic heterocycles. The van der Waals surface area contributed by atoms with Crippen LogP contribution in [0.4, 0.5) is 18.0 Å². The smallest absolute Gasteiger partial charge is 0.404 e. The average molecular weight is 506 g/mol. The van der Waals surface area contributed by atoms with Crippen molar-refractivity contribution >= 4 is 12.0 Å². The highest BCUT2D eigenvalue weighted by Gasteiger charge is 2.45. The molecule has 0 radical (unpaired) electrons. The van der Waals surface area contributed by atoms with Crippen molar-refractivity contribution < 1.29 is 32.6 Å². The Kier molecular flexibility index (Phi) is 7.54. The van der Waals surface area contributed by atoms with E-state index >= 15 is 0 Å². The summed E-state index contributed by atoms with van der Waals surface area (Å²) in [6, 6.07) is 11.0. The van der Waals surface area contributed by atoms with Gasteiger partial charge in [0.15, 0.2) is 0 Å². The third-order valence-corrected chi connectivity index (χ3v) is 7.32. The molecule has 2 aliphatic rings. The third-order valence-electron chi connectivity index (χ3n) is 7.32. The van der Waals surface area contributed by atoms with Gasteiger partial charge in [-0.1, -0.05) is 18.2 Å². The number of nitrogens with zero attached hydrogens (tertiary/aromatic N) is 2. The Balaban J connectivity index is 1.50. The number of aliphatic hydroxyl groups excluding tert-OH is 1. The van der Waals surface area contributed by atoms with E-state index in [2.05, 4.69) is 4.98 Å². The first-order valence-electron chi connectivity index (χ1n) is 12.1. The van der Waals surface area contributed by atoms with Crippen molar-refractivity contribution in [3.05, 3.63) is 65.5 Å². The standard InChI is InChI=1S/C26H30F3N3O4/c27-26(28,29)21(15-33)17-4-6-18(7-5-17)23(34)32(19-8-9-19)20-10-12-25(13-11-20,16-36-24(30)35)22-3-1-2-14-31-22/h1-7,14,19-21,33H,8-13,15-16H2,(H2,30,35). The van der Waals surface area contributed by atoms with E-state index in [1.807, 2.05) is 23.1 Å². The molecule has 2 amide bonds. The van der Waals surface area contributed by atoms with Crippen LogP contribution in [0.5, 0.6) is 0 Å². The summed E-state index contributed by atoms with van der Waals surface area (Å²) in [4.78, 5) is 31.2. The van der Waals surface area contributed by atoms with E-state index in [0.717, 1.165) is 18.5 Å². The van der Waals surface area contributed by atoms with Gasteiger partial charge < -0.3 is 20.5 Å². The maximum Gasteiger partial charge on any atom is 0.404 e. The predicted molar refractivity (Wildman–Crippen MR) is 125 cm³/mol. The molecule has 1 unspecified atom stereocenters. The van der Waals surface area contributed by atoms with Gasteiger partial charge in [0.1, 0.15) is 12.5 Å². The minimum atomic E-state index is -4.57. The molecule has 0 spiro atoms. The second-order valence-electron chi connectivity index (χ2n) is 9.68. The molecular formula is C26H30F3N3O4. The van der Waals surface area contributed by atoms with Crippen LogP contribution in [-0.4, -0.2) is 58.5 Å². The number of aromatic nitrogens is 1. The number of ether oxygens (including phenoxy) is 1. The number of halogens is 3. The zero-order valence-electron chi connectivity index (χ0n) is 19.8. The van der Waals surface area contributed by atoms with Crippen molar-refractivity contribution in [2.75, 3.05) is 13.2 Å². The number of rotatable bonds is 8. The number of aliphatic hydroxyl groups is 1. The molecule has 2 aromatic rings. The first-order valence-corrected chi connectivity index (χ1v) is 12.1. The molecule has 2 aliphatic carbocycles. The molecule has 1 aromatic carbocycles. The summed E-state index contributed by atoms with van der Waals surface area (Å²) < 4.78 is 44.7. The molecule has 0 bridgehead atoms. The lowest BCUT2D eigenvalue weighted by atomic mass is 9.70. The summed E-state index contributed by atoms with van der Waals surface area (Å²) in [5.41, 5.74) is 5.79. The normalized spacial score (nSPS) is 23.1. The molecule has 7 nitrogen and oxygen atoms in total. The number of hydrogen-bond acceptors (Lipinski definition) is 5. The Morgan fingerprint density at radius 2 is 1.72 bits per heavy atom. The van der Waals surface area contributed by atoms with Gasteiger partial charge in [-0.05, 0) is 68.4 Å². The highest BCUT2D eigenvalue weighted by Crippen LogP contribution is 2.43. The van der Waals surface area contributed by atoms with Crippen molar-refractivity contribution in [3.8, 4) is 0 Å². The van der Waals surface area contributed by atoms with E-state index in [-0.39, 0.29) is 30.2 Å². The van der Waals surface area contributed by atoms with E-state index in [9.17, 15) is 27.9 Å². The molecule has 0 saturated heterocycles. The molecule has 0 aliphatic heterocycles. The summed E-state index contributed by atoms with van der Waals surface area (Å²) in [6.45, 7) is -0.944. The maximum atomic E-state index is 13.5. The molecule has 194 valence electrons. The molecule has 36 heavy (non-hydrogen) atoms. The van der Waals surface area contributed by atoms with E-state index in [1.54, 1.807) is 6.20 Å². The number of nitrogens with two attached hydrogens (primary N) is 1. The van der Waals surface area contributed by atoms with Crippen molar-refractivity contribution in [2.24, 2.45) is 5.73 Å².